The Morgan fingerprint density at radius 2 is 1.62 bits per heavy atom. The van der Waals surface area contributed by atoms with Crippen molar-refractivity contribution in [3.8, 4) is 0 Å². The van der Waals surface area contributed by atoms with E-state index in [0.29, 0.717) is 18.5 Å². The number of anilines is 1. The quantitative estimate of drug-likeness (QED) is 0.724. The molecule has 0 radical (unpaired) electrons. The lowest BCUT2D eigenvalue weighted by molar-refractivity contribution is -0.132. The normalized spacial score (nSPS) is 14.6. The van der Waals surface area contributed by atoms with E-state index >= 15 is 0 Å². The fraction of sp³-hybridized carbons (Fsp3) is 0.250. The molecule has 1 saturated heterocycles. The molecule has 26 heavy (non-hydrogen) atoms. The van der Waals surface area contributed by atoms with Crippen LogP contribution in [0.15, 0.2) is 65.6 Å². The van der Waals surface area contributed by atoms with Crippen LogP contribution >= 0.6 is 0 Å². The minimum Gasteiger partial charge on any atom is -0.368 e. The summed E-state index contributed by atoms with van der Waals surface area (Å²) in [5.74, 6) is -0.0670. The Labute approximate surface area is 151 Å². The van der Waals surface area contributed by atoms with E-state index < -0.39 is 0 Å². The molecule has 2 aromatic carbocycles. The van der Waals surface area contributed by atoms with Crippen molar-refractivity contribution >= 4 is 22.4 Å². The Kier molecular flexibility index (Phi) is 4.39. The maximum atomic E-state index is 12.6. The van der Waals surface area contributed by atoms with Gasteiger partial charge in [-0.1, -0.05) is 36.4 Å². The van der Waals surface area contributed by atoms with Gasteiger partial charge in [-0.15, -0.1) is 0 Å². The largest absolute Gasteiger partial charge is 0.368 e. The van der Waals surface area contributed by atoms with Crippen LogP contribution in [0.25, 0.3) is 10.8 Å². The zero-order chi connectivity index (χ0) is 17.9. The molecule has 0 unspecified atom stereocenters. The van der Waals surface area contributed by atoms with Crippen LogP contribution in [-0.4, -0.2) is 46.8 Å². The monoisotopic (exact) mass is 348 g/mol. The third-order valence-electron chi connectivity index (χ3n) is 4.80. The van der Waals surface area contributed by atoms with Crippen molar-refractivity contribution < 1.29 is 4.79 Å². The van der Waals surface area contributed by atoms with Crippen LogP contribution in [0.2, 0.25) is 0 Å². The molecule has 0 saturated carbocycles. The summed E-state index contributed by atoms with van der Waals surface area (Å²) in [7, 11) is 0. The first-order valence-electron chi connectivity index (χ1n) is 8.75. The Bertz CT molecular complexity index is 976. The molecule has 0 bridgehead atoms. The summed E-state index contributed by atoms with van der Waals surface area (Å²) in [6.07, 6.45) is 1.64. The minimum atomic E-state index is -0.223. The summed E-state index contributed by atoms with van der Waals surface area (Å²) in [4.78, 5) is 29.2. The van der Waals surface area contributed by atoms with Crippen LogP contribution in [0.1, 0.15) is 0 Å². The van der Waals surface area contributed by atoms with E-state index in [1.165, 1.54) is 10.4 Å². The van der Waals surface area contributed by atoms with Gasteiger partial charge in [0.05, 0.1) is 11.6 Å². The molecule has 4 rings (SSSR count). The molecule has 0 aliphatic carbocycles. The number of piperazine rings is 1. The Morgan fingerprint density at radius 3 is 2.38 bits per heavy atom. The maximum absolute atomic E-state index is 12.6. The SMILES string of the molecule is O=C(Cn1ncc2ccccc2c1=O)N1CCN(c2ccccc2)CC1. The van der Waals surface area contributed by atoms with E-state index in [4.69, 9.17) is 0 Å². The summed E-state index contributed by atoms with van der Waals surface area (Å²) in [5, 5.41) is 5.53. The third kappa shape index (κ3) is 3.18. The molecule has 132 valence electrons. The number of benzene rings is 2. The highest BCUT2D eigenvalue weighted by molar-refractivity contribution is 5.81. The van der Waals surface area contributed by atoms with Gasteiger partial charge in [0.15, 0.2) is 0 Å². The molecular weight excluding hydrogens is 328 g/mol. The number of para-hydroxylation sites is 1. The Morgan fingerprint density at radius 1 is 0.923 bits per heavy atom. The minimum absolute atomic E-state index is 0.0188. The number of nitrogens with zero attached hydrogens (tertiary/aromatic N) is 4. The number of hydrogen-bond acceptors (Lipinski definition) is 4. The summed E-state index contributed by atoms with van der Waals surface area (Å²) < 4.78 is 1.26. The topological polar surface area (TPSA) is 58.4 Å². The molecule has 2 heterocycles. The number of aromatic nitrogens is 2. The molecule has 0 spiro atoms. The lowest BCUT2D eigenvalue weighted by Gasteiger charge is -2.36. The Balaban J connectivity index is 1.43. The fourth-order valence-corrected chi connectivity index (χ4v) is 3.32. The second-order valence-electron chi connectivity index (χ2n) is 6.40. The van der Waals surface area contributed by atoms with Crippen molar-refractivity contribution in [3.63, 3.8) is 0 Å². The molecule has 1 aliphatic rings. The molecule has 6 heteroatoms. The molecule has 1 aliphatic heterocycles. The molecule has 1 amide bonds. The van der Waals surface area contributed by atoms with Crippen molar-refractivity contribution in [1.29, 1.82) is 0 Å². The van der Waals surface area contributed by atoms with Crippen LogP contribution < -0.4 is 10.5 Å². The van der Waals surface area contributed by atoms with E-state index in [2.05, 4.69) is 22.1 Å². The van der Waals surface area contributed by atoms with Crippen molar-refractivity contribution in [2.45, 2.75) is 6.54 Å². The van der Waals surface area contributed by atoms with Crippen LogP contribution in [0.4, 0.5) is 5.69 Å². The zero-order valence-electron chi connectivity index (χ0n) is 14.4. The first kappa shape index (κ1) is 16.3. The number of carbonyl (C=O) groups is 1. The van der Waals surface area contributed by atoms with E-state index in [9.17, 15) is 9.59 Å². The first-order valence-corrected chi connectivity index (χ1v) is 8.75. The summed E-state index contributed by atoms with van der Waals surface area (Å²) in [5.41, 5.74) is 0.950. The third-order valence-corrected chi connectivity index (χ3v) is 4.80. The number of amides is 1. The Hall–Kier alpha value is -3.15. The maximum Gasteiger partial charge on any atom is 0.275 e. The van der Waals surface area contributed by atoms with Crippen LogP contribution in [0, 0.1) is 0 Å². The van der Waals surface area contributed by atoms with Crippen LogP contribution in [-0.2, 0) is 11.3 Å². The lowest BCUT2D eigenvalue weighted by atomic mass is 10.2. The average Bonchev–Trinajstić information content (AvgIpc) is 2.71. The summed E-state index contributed by atoms with van der Waals surface area (Å²) in [6, 6.07) is 17.5. The molecule has 3 aromatic rings. The molecular formula is C20H20N4O2. The van der Waals surface area contributed by atoms with Gasteiger partial charge in [0.2, 0.25) is 5.91 Å². The molecule has 1 aromatic heterocycles. The number of carbonyl (C=O) groups excluding carboxylic acids is 1. The van der Waals surface area contributed by atoms with Gasteiger partial charge in [-0.05, 0) is 18.2 Å². The van der Waals surface area contributed by atoms with Gasteiger partial charge < -0.3 is 9.80 Å². The standard InChI is InChI=1S/C20H20N4O2/c25-19(15-24-20(26)18-9-5-4-6-16(18)14-21-24)23-12-10-22(11-13-23)17-7-2-1-3-8-17/h1-9,14H,10-13,15H2. The molecule has 6 nitrogen and oxygen atoms in total. The van der Waals surface area contributed by atoms with Gasteiger partial charge in [-0.3, -0.25) is 9.59 Å². The number of rotatable bonds is 3. The second kappa shape index (κ2) is 7.00. The molecule has 0 N–H and O–H groups in total. The van der Waals surface area contributed by atoms with E-state index in [0.717, 1.165) is 18.5 Å². The predicted octanol–water partition coefficient (Wildman–Crippen LogP) is 1.75. The number of fused-ring (bicyclic) bond motifs is 1. The van der Waals surface area contributed by atoms with E-state index in [1.807, 2.05) is 41.3 Å². The van der Waals surface area contributed by atoms with Gasteiger partial charge in [0.25, 0.3) is 5.56 Å². The predicted molar refractivity (Wildman–Crippen MR) is 101 cm³/mol. The van der Waals surface area contributed by atoms with Crippen molar-refractivity contribution in [3.05, 3.63) is 71.1 Å². The fourth-order valence-electron chi connectivity index (χ4n) is 3.32. The highest BCUT2D eigenvalue weighted by Crippen LogP contribution is 2.15. The van der Waals surface area contributed by atoms with Crippen molar-refractivity contribution in [1.82, 2.24) is 14.7 Å². The lowest BCUT2D eigenvalue weighted by Crippen LogP contribution is -2.50. The zero-order valence-corrected chi connectivity index (χ0v) is 14.4. The van der Waals surface area contributed by atoms with Gasteiger partial charge >= 0.3 is 0 Å². The van der Waals surface area contributed by atoms with Crippen LogP contribution in [0.3, 0.4) is 0 Å². The summed E-state index contributed by atoms with van der Waals surface area (Å²) in [6.45, 7) is 2.85. The van der Waals surface area contributed by atoms with Gasteiger partial charge in [0.1, 0.15) is 6.54 Å². The van der Waals surface area contributed by atoms with Gasteiger partial charge in [-0.25, -0.2) is 4.68 Å². The highest BCUT2D eigenvalue weighted by Gasteiger charge is 2.22. The highest BCUT2D eigenvalue weighted by atomic mass is 16.2. The van der Waals surface area contributed by atoms with Crippen molar-refractivity contribution in [2.75, 3.05) is 31.1 Å². The van der Waals surface area contributed by atoms with Gasteiger partial charge in [0, 0.05) is 37.3 Å². The van der Waals surface area contributed by atoms with Crippen molar-refractivity contribution in [2.24, 2.45) is 0 Å². The summed E-state index contributed by atoms with van der Waals surface area (Å²) >= 11 is 0. The second-order valence-corrected chi connectivity index (χ2v) is 6.40. The van der Waals surface area contributed by atoms with E-state index in [-0.39, 0.29) is 18.0 Å². The molecule has 0 atom stereocenters. The first-order chi connectivity index (χ1) is 12.7. The van der Waals surface area contributed by atoms with Crippen LogP contribution in [0.5, 0.6) is 0 Å². The number of hydrogen-bond donors (Lipinski definition) is 0. The van der Waals surface area contributed by atoms with Gasteiger partial charge in [-0.2, -0.15) is 5.10 Å². The van der Waals surface area contributed by atoms with E-state index in [1.54, 1.807) is 12.3 Å². The smallest absolute Gasteiger partial charge is 0.275 e. The average molecular weight is 348 g/mol. The molecule has 1 fully saturated rings.